The van der Waals surface area contributed by atoms with E-state index >= 15 is 0 Å². The number of quaternary nitrogens is 1. The highest BCUT2D eigenvalue weighted by Gasteiger charge is 2.34. The number of ether oxygens (including phenoxy) is 1. The lowest BCUT2D eigenvalue weighted by Crippen LogP contribution is -3.16. The molecule has 0 bridgehead atoms. The third-order valence-electron chi connectivity index (χ3n) is 4.94. The summed E-state index contributed by atoms with van der Waals surface area (Å²) in [6.07, 6.45) is 1.26. The maximum atomic E-state index is 13.1. The first kappa shape index (κ1) is 20.3. The van der Waals surface area contributed by atoms with Crippen LogP contribution in [0.25, 0.3) is 0 Å². The van der Waals surface area contributed by atoms with Gasteiger partial charge in [-0.3, -0.25) is 14.6 Å². The fourth-order valence-corrected chi connectivity index (χ4v) is 4.79. The molecule has 0 aromatic heterocycles. The van der Waals surface area contributed by atoms with Gasteiger partial charge in [0.05, 0.1) is 44.6 Å². The van der Waals surface area contributed by atoms with Gasteiger partial charge in [0.25, 0.3) is 5.91 Å². The van der Waals surface area contributed by atoms with Crippen molar-refractivity contribution in [1.29, 1.82) is 0 Å². The van der Waals surface area contributed by atoms with Crippen molar-refractivity contribution < 1.29 is 27.6 Å². The third-order valence-corrected chi connectivity index (χ3v) is 6.32. The maximum Gasteiger partial charge on any atom is 0.410 e. The van der Waals surface area contributed by atoms with E-state index in [4.69, 9.17) is 4.74 Å². The second-order valence-corrected chi connectivity index (χ2v) is 8.87. The number of amides is 2. The molecule has 0 saturated carbocycles. The number of nitrogens with zero attached hydrogens (tertiary/aromatic N) is 2. The topological polar surface area (TPSA) is 88.4 Å². The Hall–Kier alpha value is -2.39. The molecule has 9 heteroatoms. The minimum absolute atomic E-state index is 0.0976. The van der Waals surface area contributed by atoms with Crippen LogP contribution in [0, 0.1) is 0 Å². The number of piperazine rings is 1. The molecule has 8 nitrogen and oxygen atoms in total. The van der Waals surface area contributed by atoms with Gasteiger partial charge >= 0.3 is 6.09 Å². The number of benzene rings is 1. The molecule has 0 aliphatic carbocycles. The van der Waals surface area contributed by atoms with Crippen LogP contribution >= 0.6 is 0 Å². The molecule has 1 N–H and O–H groups in total. The normalized spacial score (nSPS) is 21.5. The van der Waals surface area contributed by atoms with Crippen LogP contribution in [0.4, 0.5) is 10.5 Å². The molecule has 2 aliphatic rings. The van der Waals surface area contributed by atoms with Gasteiger partial charge in [-0.2, -0.15) is 0 Å². The summed E-state index contributed by atoms with van der Waals surface area (Å²) in [5.41, 5.74) is 0.684. The van der Waals surface area contributed by atoms with E-state index in [1.807, 2.05) is 30.3 Å². The molecule has 3 rings (SSSR count). The summed E-state index contributed by atoms with van der Waals surface area (Å²) in [6, 6.07) is 8.63. The Bertz CT molecular complexity index is 832. The summed E-state index contributed by atoms with van der Waals surface area (Å²) in [7, 11) is -3.28. The molecule has 1 atom stereocenters. The van der Waals surface area contributed by atoms with Gasteiger partial charge in [0, 0.05) is 11.1 Å². The van der Waals surface area contributed by atoms with Crippen LogP contribution < -0.4 is 9.80 Å². The van der Waals surface area contributed by atoms with Gasteiger partial charge in [0.1, 0.15) is 0 Å². The SMILES string of the molecule is CCOC(=O)N1CC[NH+](CC(=O)N(c2ccccc2)[C@H]2C=CS(=O)(=O)C2)CC1. The van der Waals surface area contributed by atoms with E-state index in [2.05, 4.69) is 0 Å². The third kappa shape index (κ3) is 4.90. The summed E-state index contributed by atoms with van der Waals surface area (Å²) in [6.45, 7) is 4.71. The van der Waals surface area contributed by atoms with Crippen LogP contribution in [0.5, 0.6) is 0 Å². The number of sulfone groups is 1. The first-order valence-corrected chi connectivity index (χ1v) is 11.1. The van der Waals surface area contributed by atoms with E-state index in [1.54, 1.807) is 22.8 Å². The predicted molar refractivity (Wildman–Crippen MR) is 105 cm³/mol. The van der Waals surface area contributed by atoms with E-state index < -0.39 is 15.9 Å². The Kier molecular flexibility index (Phi) is 6.35. The second kappa shape index (κ2) is 8.74. The monoisotopic (exact) mass is 408 g/mol. The summed E-state index contributed by atoms with van der Waals surface area (Å²) < 4.78 is 28.7. The minimum atomic E-state index is -3.28. The number of hydrogen-bond donors (Lipinski definition) is 1. The number of carbonyl (C=O) groups is 2. The molecule has 2 amide bonds. The predicted octanol–water partition coefficient (Wildman–Crippen LogP) is -0.313. The lowest BCUT2D eigenvalue weighted by molar-refractivity contribution is -0.895. The van der Waals surface area contributed by atoms with Gasteiger partial charge in [-0.05, 0) is 25.1 Å². The molecule has 28 heavy (non-hydrogen) atoms. The molecule has 0 unspecified atom stereocenters. The van der Waals surface area contributed by atoms with Crippen molar-refractivity contribution >= 4 is 27.5 Å². The van der Waals surface area contributed by atoms with Gasteiger partial charge in [0.2, 0.25) is 0 Å². The summed E-state index contributed by atoms with van der Waals surface area (Å²) in [5.74, 6) is -0.225. The quantitative estimate of drug-likeness (QED) is 0.722. The lowest BCUT2D eigenvalue weighted by atomic mass is 10.2. The number of rotatable bonds is 5. The van der Waals surface area contributed by atoms with Gasteiger partial charge < -0.3 is 9.64 Å². The van der Waals surface area contributed by atoms with Crippen molar-refractivity contribution in [1.82, 2.24) is 4.90 Å². The molecule has 0 spiro atoms. The second-order valence-electron chi connectivity index (χ2n) is 6.94. The average Bonchev–Trinajstić information content (AvgIpc) is 3.03. The highest BCUT2D eigenvalue weighted by atomic mass is 32.2. The first-order valence-electron chi connectivity index (χ1n) is 9.43. The van der Waals surface area contributed by atoms with Crippen LogP contribution in [-0.2, 0) is 19.4 Å². The summed E-state index contributed by atoms with van der Waals surface area (Å²) in [5, 5.41) is 1.19. The molecule has 1 aromatic carbocycles. The van der Waals surface area contributed by atoms with E-state index in [9.17, 15) is 18.0 Å². The minimum Gasteiger partial charge on any atom is -0.450 e. The zero-order chi connectivity index (χ0) is 20.1. The standard InChI is InChI=1S/C19H25N3O5S/c1-2-27-19(24)21-11-9-20(10-12-21)14-18(23)22(16-6-4-3-5-7-16)17-8-13-28(25,26)15-17/h3-8,13,17H,2,9-12,14-15H2,1H3/p+1/t17-/m0/s1. The molecule has 1 aromatic rings. The number of nitrogens with one attached hydrogen (secondary N) is 1. The Labute approximate surface area is 165 Å². The zero-order valence-corrected chi connectivity index (χ0v) is 16.7. The smallest absolute Gasteiger partial charge is 0.410 e. The molecular weight excluding hydrogens is 382 g/mol. The molecule has 2 heterocycles. The van der Waals surface area contributed by atoms with Crippen LogP contribution in [0.1, 0.15) is 6.92 Å². The van der Waals surface area contributed by atoms with Gasteiger partial charge in [-0.1, -0.05) is 18.2 Å². The Morgan fingerprint density at radius 2 is 1.89 bits per heavy atom. The fraction of sp³-hybridized carbons (Fsp3) is 0.474. The van der Waals surface area contributed by atoms with Crippen LogP contribution in [0.15, 0.2) is 41.8 Å². The van der Waals surface area contributed by atoms with Crippen molar-refractivity contribution in [3.8, 4) is 0 Å². The molecule has 1 fully saturated rings. The van der Waals surface area contributed by atoms with Crippen LogP contribution in [-0.4, -0.2) is 76.4 Å². The summed E-state index contributed by atoms with van der Waals surface area (Å²) in [4.78, 5) is 29.2. The maximum absolute atomic E-state index is 13.1. The Balaban J connectivity index is 1.66. The zero-order valence-electron chi connectivity index (χ0n) is 15.9. The Morgan fingerprint density at radius 3 is 2.46 bits per heavy atom. The number of anilines is 1. The van der Waals surface area contributed by atoms with E-state index in [0.717, 1.165) is 4.90 Å². The molecular formula is C19H26N3O5S+. The van der Waals surface area contributed by atoms with Gasteiger partial charge in [-0.15, -0.1) is 0 Å². The highest BCUT2D eigenvalue weighted by molar-refractivity contribution is 7.94. The molecule has 0 radical (unpaired) electrons. The van der Waals surface area contributed by atoms with E-state index in [0.29, 0.717) is 38.5 Å². The molecule has 152 valence electrons. The van der Waals surface area contributed by atoms with Crippen molar-refractivity contribution in [2.45, 2.75) is 13.0 Å². The molecule has 1 saturated heterocycles. The Morgan fingerprint density at radius 1 is 1.21 bits per heavy atom. The largest absolute Gasteiger partial charge is 0.450 e. The first-order chi connectivity index (χ1) is 13.4. The lowest BCUT2D eigenvalue weighted by Gasteiger charge is -2.33. The van der Waals surface area contributed by atoms with Crippen molar-refractivity contribution in [2.75, 3.05) is 50.0 Å². The van der Waals surface area contributed by atoms with E-state index in [-0.39, 0.29) is 24.3 Å². The van der Waals surface area contributed by atoms with Gasteiger partial charge in [0.15, 0.2) is 16.4 Å². The fourth-order valence-electron chi connectivity index (χ4n) is 3.53. The van der Waals surface area contributed by atoms with Crippen molar-refractivity contribution in [3.05, 3.63) is 41.8 Å². The average molecular weight is 409 g/mol. The van der Waals surface area contributed by atoms with Crippen LogP contribution in [0.2, 0.25) is 0 Å². The number of carbonyl (C=O) groups excluding carboxylic acids is 2. The van der Waals surface area contributed by atoms with Crippen LogP contribution in [0.3, 0.4) is 0 Å². The van der Waals surface area contributed by atoms with Gasteiger partial charge in [-0.25, -0.2) is 13.2 Å². The highest BCUT2D eigenvalue weighted by Crippen LogP contribution is 2.22. The number of hydrogen-bond acceptors (Lipinski definition) is 5. The van der Waals surface area contributed by atoms with Crippen molar-refractivity contribution in [2.24, 2.45) is 0 Å². The summed E-state index contributed by atoms with van der Waals surface area (Å²) >= 11 is 0. The van der Waals surface area contributed by atoms with E-state index in [1.165, 1.54) is 5.41 Å². The molecule has 2 aliphatic heterocycles. The number of para-hydroxylation sites is 1. The van der Waals surface area contributed by atoms with Crippen molar-refractivity contribution in [3.63, 3.8) is 0 Å².